The number of aromatic nitrogens is 2. The van der Waals surface area contributed by atoms with Crippen molar-refractivity contribution < 1.29 is 0 Å². The molecule has 0 spiro atoms. The van der Waals surface area contributed by atoms with Gasteiger partial charge in [-0.3, -0.25) is 0 Å². The first-order chi connectivity index (χ1) is 7.66. The van der Waals surface area contributed by atoms with E-state index in [1.807, 2.05) is 0 Å². The number of likely N-dealkylation sites (N-methyl/N-ethyl adjacent to an activating group) is 1. The SMILES string of the molecule is CN(C)CC1CCCN1c1ncc(N)cn1. The van der Waals surface area contributed by atoms with Crippen LogP contribution in [0.15, 0.2) is 12.4 Å². The van der Waals surface area contributed by atoms with Gasteiger partial charge in [0.05, 0.1) is 18.1 Å². The molecular formula is C11H19N5. The van der Waals surface area contributed by atoms with Gasteiger partial charge in [0.2, 0.25) is 5.95 Å². The minimum Gasteiger partial charge on any atom is -0.396 e. The van der Waals surface area contributed by atoms with E-state index < -0.39 is 0 Å². The quantitative estimate of drug-likeness (QED) is 0.809. The van der Waals surface area contributed by atoms with Gasteiger partial charge < -0.3 is 15.5 Å². The van der Waals surface area contributed by atoms with E-state index >= 15 is 0 Å². The molecule has 0 bridgehead atoms. The summed E-state index contributed by atoms with van der Waals surface area (Å²) < 4.78 is 0. The molecule has 1 saturated heterocycles. The molecule has 5 nitrogen and oxygen atoms in total. The molecule has 1 unspecified atom stereocenters. The average Bonchev–Trinajstić information content (AvgIpc) is 2.66. The monoisotopic (exact) mass is 221 g/mol. The van der Waals surface area contributed by atoms with E-state index in [1.165, 1.54) is 12.8 Å². The van der Waals surface area contributed by atoms with Gasteiger partial charge in [-0.1, -0.05) is 0 Å². The molecule has 1 fully saturated rings. The summed E-state index contributed by atoms with van der Waals surface area (Å²) in [5.74, 6) is 0.804. The van der Waals surface area contributed by atoms with Gasteiger partial charge in [-0.2, -0.15) is 0 Å². The second kappa shape index (κ2) is 4.65. The number of nitrogens with zero attached hydrogens (tertiary/aromatic N) is 4. The zero-order valence-electron chi connectivity index (χ0n) is 9.93. The van der Waals surface area contributed by atoms with Crippen LogP contribution in [0, 0.1) is 0 Å². The largest absolute Gasteiger partial charge is 0.396 e. The molecule has 2 rings (SSSR count). The Bertz CT molecular complexity index is 335. The molecule has 1 aromatic rings. The minimum atomic E-state index is 0.527. The summed E-state index contributed by atoms with van der Waals surface area (Å²) in [6.07, 6.45) is 5.78. The van der Waals surface area contributed by atoms with E-state index in [0.717, 1.165) is 19.0 Å². The number of hydrogen-bond acceptors (Lipinski definition) is 5. The molecule has 1 atom stereocenters. The number of rotatable bonds is 3. The first-order valence-electron chi connectivity index (χ1n) is 5.65. The fraction of sp³-hybridized carbons (Fsp3) is 0.636. The standard InChI is InChI=1S/C11H19N5/c1-15(2)8-10-4-3-5-16(10)11-13-6-9(12)7-14-11/h6-7,10H,3-5,8,12H2,1-2H3. The lowest BCUT2D eigenvalue weighted by molar-refractivity contribution is 0.371. The molecule has 16 heavy (non-hydrogen) atoms. The van der Waals surface area contributed by atoms with Gasteiger partial charge in [-0.25, -0.2) is 9.97 Å². The summed E-state index contributed by atoms with van der Waals surface area (Å²) in [5.41, 5.74) is 6.21. The first-order valence-corrected chi connectivity index (χ1v) is 5.65. The minimum absolute atomic E-state index is 0.527. The van der Waals surface area contributed by atoms with Crippen molar-refractivity contribution in [1.82, 2.24) is 14.9 Å². The smallest absolute Gasteiger partial charge is 0.225 e. The van der Waals surface area contributed by atoms with E-state index in [1.54, 1.807) is 12.4 Å². The summed E-state index contributed by atoms with van der Waals surface area (Å²) in [5, 5.41) is 0. The van der Waals surface area contributed by atoms with Crippen molar-refractivity contribution in [3.8, 4) is 0 Å². The first kappa shape index (κ1) is 11.1. The van der Waals surface area contributed by atoms with Crippen molar-refractivity contribution in [2.24, 2.45) is 0 Å². The Labute approximate surface area is 96.3 Å². The van der Waals surface area contributed by atoms with Crippen LogP contribution in [0.2, 0.25) is 0 Å². The third-order valence-electron chi connectivity index (χ3n) is 2.87. The third kappa shape index (κ3) is 2.41. The third-order valence-corrected chi connectivity index (χ3v) is 2.87. The predicted octanol–water partition coefficient (Wildman–Crippen LogP) is 0.589. The van der Waals surface area contributed by atoms with Crippen LogP contribution in [0.25, 0.3) is 0 Å². The number of anilines is 2. The molecule has 0 amide bonds. The van der Waals surface area contributed by atoms with E-state index in [-0.39, 0.29) is 0 Å². The molecule has 0 saturated carbocycles. The highest BCUT2D eigenvalue weighted by molar-refractivity contribution is 5.39. The molecule has 1 aliphatic rings. The fourth-order valence-electron chi connectivity index (χ4n) is 2.19. The Kier molecular flexibility index (Phi) is 3.24. The summed E-state index contributed by atoms with van der Waals surface area (Å²) in [6, 6.07) is 0.527. The maximum atomic E-state index is 5.59. The second-order valence-electron chi connectivity index (χ2n) is 4.57. The Morgan fingerprint density at radius 2 is 2.12 bits per heavy atom. The van der Waals surface area contributed by atoms with Crippen LogP contribution in [-0.2, 0) is 0 Å². The molecule has 1 aliphatic heterocycles. The highest BCUT2D eigenvalue weighted by atomic mass is 15.3. The zero-order valence-corrected chi connectivity index (χ0v) is 9.93. The van der Waals surface area contributed by atoms with Crippen LogP contribution in [0.5, 0.6) is 0 Å². The van der Waals surface area contributed by atoms with Crippen molar-refractivity contribution >= 4 is 11.6 Å². The lowest BCUT2D eigenvalue weighted by Gasteiger charge is -2.26. The van der Waals surface area contributed by atoms with E-state index in [4.69, 9.17) is 5.73 Å². The van der Waals surface area contributed by atoms with Crippen LogP contribution in [-0.4, -0.2) is 48.1 Å². The Balaban J connectivity index is 2.10. The van der Waals surface area contributed by atoms with Gasteiger partial charge in [-0.05, 0) is 26.9 Å². The maximum absolute atomic E-state index is 5.59. The lowest BCUT2D eigenvalue weighted by Crippen LogP contribution is -2.38. The molecular weight excluding hydrogens is 202 g/mol. The van der Waals surface area contributed by atoms with Crippen molar-refractivity contribution in [2.45, 2.75) is 18.9 Å². The van der Waals surface area contributed by atoms with Crippen molar-refractivity contribution in [2.75, 3.05) is 37.8 Å². The fourth-order valence-corrected chi connectivity index (χ4v) is 2.19. The molecule has 5 heteroatoms. The average molecular weight is 221 g/mol. The van der Waals surface area contributed by atoms with E-state index in [9.17, 15) is 0 Å². The van der Waals surface area contributed by atoms with Crippen molar-refractivity contribution in [1.29, 1.82) is 0 Å². The number of nitrogens with two attached hydrogens (primary N) is 1. The van der Waals surface area contributed by atoms with Gasteiger partial charge >= 0.3 is 0 Å². The normalized spacial score (nSPS) is 20.7. The van der Waals surface area contributed by atoms with Gasteiger partial charge in [0, 0.05) is 19.1 Å². The second-order valence-corrected chi connectivity index (χ2v) is 4.57. The lowest BCUT2D eigenvalue weighted by atomic mass is 10.2. The van der Waals surface area contributed by atoms with Crippen molar-refractivity contribution in [3.63, 3.8) is 0 Å². The Morgan fingerprint density at radius 1 is 1.44 bits per heavy atom. The predicted molar refractivity (Wildman–Crippen MR) is 65.4 cm³/mol. The van der Waals surface area contributed by atoms with Gasteiger partial charge in [-0.15, -0.1) is 0 Å². The van der Waals surface area contributed by atoms with Crippen LogP contribution in [0.3, 0.4) is 0 Å². The molecule has 0 aromatic carbocycles. The van der Waals surface area contributed by atoms with Crippen LogP contribution in [0.1, 0.15) is 12.8 Å². The van der Waals surface area contributed by atoms with Crippen LogP contribution >= 0.6 is 0 Å². The Hall–Kier alpha value is -1.36. The van der Waals surface area contributed by atoms with Crippen molar-refractivity contribution in [3.05, 3.63) is 12.4 Å². The molecule has 2 heterocycles. The van der Waals surface area contributed by atoms with E-state index in [0.29, 0.717) is 11.7 Å². The summed E-state index contributed by atoms with van der Waals surface area (Å²) >= 11 is 0. The van der Waals surface area contributed by atoms with Gasteiger partial charge in [0.1, 0.15) is 0 Å². The number of hydrogen-bond donors (Lipinski definition) is 1. The summed E-state index contributed by atoms with van der Waals surface area (Å²) in [4.78, 5) is 13.1. The van der Waals surface area contributed by atoms with Gasteiger partial charge in [0.15, 0.2) is 0 Å². The molecule has 1 aromatic heterocycles. The summed E-state index contributed by atoms with van der Waals surface area (Å²) in [6.45, 7) is 2.09. The highest BCUT2D eigenvalue weighted by Gasteiger charge is 2.26. The molecule has 0 radical (unpaired) electrons. The number of nitrogen functional groups attached to an aromatic ring is 1. The zero-order chi connectivity index (χ0) is 11.5. The Morgan fingerprint density at radius 3 is 2.75 bits per heavy atom. The van der Waals surface area contributed by atoms with Crippen LogP contribution < -0.4 is 10.6 Å². The molecule has 2 N–H and O–H groups in total. The van der Waals surface area contributed by atoms with Crippen LogP contribution in [0.4, 0.5) is 11.6 Å². The molecule has 0 aliphatic carbocycles. The summed E-state index contributed by atoms with van der Waals surface area (Å²) in [7, 11) is 4.20. The molecule has 88 valence electrons. The van der Waals surface area contributed by atoms with E-state index in [2.05, 4.69) is 33.9 Å². The highest BCUT2D eigenvalue weighted by Crippen LogP contribution is 2.22. The maximum Gasteiger partial charge on any atom is 0.225 e. The topological polar surface area (TPSA) is 58.3 Å². The van der Waals surface area contributed by atoms with Gasteiger partial charge in [0.25, 0.3) is 0 Å².